The van der Waals surface area contributed by atoms with Gasteiger partial charge < -0.3 is 5.73 Å². The molecule has 2 N–H and O–H groups in total. The number of ketones is 1. The maximum Gasteiger partial charge on any atom is 0.160 e. The summed E-state index contributed by atoms with van der Waals surface area (Å²) in [5.74, 6) is 0.344. The van der Waals surface area contributed by atoms with Crippen LogP contribution in [0, 0.1) is 5.41 Å². The van der Waals surface area contributed by atoms with Crippen LogP contribution in [-0.4, -0.2) is 5.78 Å². The van der Waals surface area contributed by atoms with Crippen LogP contribution in [0.1, 0.15) is 50.0 Å². The van der Waals surface area contributed by atoms with E-state index < -0.39 is 0 Å². The summed E-state index contributed by atoms with van der Waals surface area (Å²) in [7, 11) is 0. The molecule has 1 atom stereocenters. The molecular weight excluding hydrogens is 350 g/mol. The minimum Gasteiger partial charge on any atom is -0.398 e. The predicted octanol–water partition coefficient (Wildman–Crippen LogP) is 6.43. The SMILES string of the molecule is CC(C1=C(c2c(N)ccc3ccccc23)CC(C)(C)CC1=O)c1cccs1. The first-order valence-electron chi connectivity index (χ1n) is 9.44. The van der Waals surface area contributed by atoms with E-state index in [-0.39, 0.29) is 17.1 Å². The van der Waals surface area contributed by atoms with Crippen LogP contribution in [0.2, 0.25) is 0 Å². The molecule has 3 aromatic rings. The summed E-state index contributed by atoms with van der Waals surface area (Å²) >= 11 is 1.71. The Morgan fingerprint density at radius 3 is 2.56 bits per heavy atom. The summed E-state index contributed by atoms with van der Waals surface area (Å²) in [6.45, 7) is 6.51. The highest BCUT2D eigenvalue weighted by atomic mass is 32.1. The number of Topliss-reactive ketones (excluding diaryl/α,β-unsaturated/α-hetero) is 1. The van der Waals surface area contributed by atoms with Crippen molar-refractivity contribution in [2.24, 2.45) is 5.41 Å². The van der Waals surface area contributed by atoms with Crippen LogP contribution >= 0.6 is 11.3 Å². The van der Waals surface area contributed by atoms with Crippen LogP contribution in [0.25, 0.3) is 16.3 Å². The van der Waals surface area contributed by atoms with Crippen LogP contribution in [0.4, 0.5) is 5.69 Å². The number of rotatable bonds is 3. The largest absolute Gasteiger partial charge is 0.398 e. The Bertz CT molecular complexity index is 1040. The minimum absolute atomic E-state index is 0.0610. The van der Waals surface area contributed by atoms with Gasteiger partial charge in [0.15, 0.2) is 5.78 Å². The van der Waals surface area contributed by atoms with Crippen LogP contribution in [0.5, 0.6) is 0 Å². The van der Waals surface area contributed by atoms with E-state index in [1.165, 1.54) is 4.88 Å². The van der Waals surface area contributed by atoms with Gasteiger partial charge in [-0.3, -0.25) is 4.79 Å². The zero-order valence-corrected chi connectivity index (χ0v) is 16.9. The van der Waals surface area contributed by atoms with Crippen LogP contribution in [0.15, 0.2) is 59.5 Å². The van der Waals surface area contributed by atoms with Crippen molar-refractivity contribution in [3.63, 3.8) is 0 Å². The van der Waals surface area contributed by atoms with Crippen molar-refractivity contribution in [3.05, 3.63) is 69.9 Å². The van der Waals surface area contributed by atoms with Gasteiger partial charge in [0.05, 0.1) is 0 Å². The highest BCUT2D eigenvalue weighted by Gasteiger charge is 2.36. The molecule has 4 rings (SSSR count). The first kappa shape index (κ1) is 18.0. The molecule has 0 saturated carbocycles. The maximum absolute atomic E-state index is 13.3. The van der Waals surface area contributed by atoms with E-state index in [1.807, 2.05) is 18.2 Å². The molecule has 1 heterocycles. The number of nitrogen functional groups attached to an aromatic ring is 1. The van der Waals surface area contributed by atoms with Crippen molar-refractivity contribution < 1.29 is 4.79 Å². The van der Waals surface area contributed by atoms with Crippen molar-refractivity contribution >= 4 is 39.2 Å². The molecule has 0 spiro atoms. The fourth-order valence-electron chi connectivity index (χ4n) is 4.37. The van der Waals surface area contributed by atoms with Gasteiger partial charge in [0.25, 0.3) is 0 Å². The number of benzene rings is 2. The number of fused-ring (bicyclic) bond motifs is 1. The zero-order valence-electron chi connectivity index (χ0n) is 16.1. The third-order valence-corrected chi connectivity index (χ3v) is 6.64. The average Bonchev–Trinajstić information content (AvgIpc) is 3.14. The lowest BCUT2D eigenvalue weighted by molar-refractivity contribution is -0.118. The highest BCUT2D eigenvalue weighted by molar-refractivity contribution is 7.10. The number of carbonyl (C=O) groups excluding carboxylic acids is 1. The molecule has 27 heavy (non-hydrogen) atoms. The van der Waals surface area contributed by atoms with Gasteiger partial charge in [-0.2, -0.15) is 0 Å². The quantitative estimate of drug-likeness (QED) is 0.536. The lowest BCUT2D eigenvalue weighted by Gasteiger charge is -2.35. The fourth-order valence-corrected chi connectivity index (χ4v) is 5.16. The molecule has 1 aliphatic rings. The number of carbonyl (C=O) groups is 1. The molecule has 2 aromatic carbocycles. The highest BCUT2D eigenvalue weighted by Crippen LogP contribution is 2.48. The van der Waals surface area contributed by atoms with Gasteiger partial charge >= 0.3 is 0 Å². The molecule has 0 saturated heterocycles. The summed E-state index contributed by atoms with van der Waals surface area (Å²) in [6, 6.07) is 16.5. The minimum atomic E-state index is -0.0610. The van der Waals surface area contributed by atoms with Gasteiger partial charge in [-0.25, -0.2) is 0 Å². The van der Waals surface area contributed by atoms with Gasteiger partial charge in [0.2, 0.25) is 0 Å². The Labute approximate surface area is 164 Å². The number of anilines is 1. The normalized spacial score (nSPS) is 18.1. The zero-order chi connectivity index (χ0) is 19.2. The first-order chi connectivity index (χ1) is 12.9. The molecular formula is C24H25NOS. The second kappa shape index (κ2) is 6.65. The Hall–Kier alpha value is -2.39. The number of allylic oxidation sites excluding steroid dienone is 2. The molecule has 0 bridgehead atoms. The maximum atomic E-state index is 13.3. The lowest BCUT2D eigenvalue weighted by Crippen LogP contribution is -2.27. The van der Waals surface area contributed by atoms with Gasteiger partial charge in [0.1, 0.15) is 0 Å². The molecule has 1 aliphatic carbocycles. The standard InChI is InChI=1S/C24H25NOS/c1-15(21-9-6-12-27-21)22-18(13-24(2,3)14-20(22)26)23-17-8-5-4-7-16(17)10-11-19(23)25/h4-12,15H,13-14,25H2,1-3H3. The summed E-state index contributed by atoms with van der Waals surface area (Å²) in [5, 5.41) is 4.37. The smallest absolute Gasteiger partial charge is 0.160 e. The van der Waals surface area contributed by atoms with E-state index in [1.54, 1.807) is 11.3 Å². The van der Waals surface area contributed by atoms with Gasteiger partial charge in [-0.1, -0.05) is 57.2 Å². The Morgan fingerprint density at radius 1 is 1.04 bits per heavy atom. The molecule has 2 nitrogen and oxygen atoms in total. The summed E-state index contributed by atoms with van der Waals surface area (Å²) < 4.78 is 0. The van der Waals surface area contributed by atoms with Crippen molar-refractivity contribution in [2.45, 2.75) is 39.5 Å². The molecule has 0 amide bonds. The average molecular weight is 376 g/mol. The molecule has 1 aromatic heterocycles. The molecule has 1 unspecified atom stereocenters. The Balaban J connectivity index is 2.03. The molecule has 0 radical (unpaired) electrons. The summed E-state index contributed by atoms with van der Waals surface area (Å²) in [6.07, 6.45) is 1.45. The number of nitrogens with two attached hydrogens (primary N) is 1. The number of hydrogen-bond acceptors (Lipinski definition) is 3. The van der Waals surface area contributed by atoms with E-state index in [4.69, 9.17) is 5.73 Å². The van der Waals surface area contributed by atoms with Crippen molar-refractivity contribution in [2.75, 3.05) is 5.73 Å². The monoisotopic (exact) mass is 375 g/mol. The summed E-state index contributed by atoms with van der Waals surface area (Å²) in [4.78, 5) is 14.5. The Morgan fingerprint density at radius 2 is 1.81 bits per heavy atom. The van der Waals surface area contributed by atoms with Crippen molar-refractivity contribution in [1.29, 1.82) is 0 Å². The van der Waals surface area contributed by atoms with Gasteiger partial charge in [-0.05, 0) is 45.7 Å². The van der Waals surface area contributed by atoms with Gasteiger partial charge in [-0.15, -0.1) is 11.3 Å². The van der Waals surface area contributed by atoms with E-state index in [2.05, 4.69) is 56.5 Å². The number of thiophene rings is 1. The third-order valence-electron chi connectivity index (χ3n) is 5.59. The fraction of sp³-hybridized carbons (Fsp3) is 0.292. The second-order valence-corrected chi connectivity index (χ2v) is 9.30. The van der Waals surface area contributed by atoms with E-state index in [0.29, 0.717) is 6.42 Å². The topological polar surface area (TPSA) is 43.1 Å². The van der Waals surface area contributed by atoms with E-state index in [0.717, 1.165) is 39.6 Å². The van der Waals surface area contributed by atoms with Gasteiger partial charge in [0, 0.05) is 34.0 Å². The van der Waals surface area contributed by atoms with Crippen LogP contribution in [0.3, 0.4) is 0 Å². The summed E-state index contributed by atoms with van der Waals surface area (Å²) in [5.41, 5.74) is 10.3. The first-order valence-corrected chi connectivity index (χ1v) is 10.3. The van der Waals surface area contributed by atoms with E-state index in [9.17, 15) is 4.79 Å². The lowest BCUT2D eigenvalue weighted by atomic mass is 9.68. The molecule has 0 fully saturated rings. The van der Waals surface area contributed by atoms with E-state index >= 15 is 0 Å². The van der Waals surface area contributed by atoms with Crippen LogP contribution < -0.4 is 5.73 Å². The predicted molar refractivity (Wildman–Crippen MR) is 116 cm³/mol. The molecule has 0 aliphatic heterocycles. The molecule has 3 heteroatoms. The Kier molecular flexibility index (Phi) is 4.43. The number of hydrogen-bond donors (Lipinski definition) is 1. The molecule has 138 valence electrons. The van der Waals surface area contributed by atoms with Crippen LogP contribution in [-0.2, 0) is 4.79 Å². The van der Waals surface area contributed by atoms with Crippen molar-refractivity contribution in [1.82, 2.24) is 0 Å². The van der Waals surface area contributed by atoms with Crippen molar-refractivity contribution in [3.8, 4) is 0 Å². The third kappa shape index (κ3) is 3.21. The second-order valence-electron chi connectivity index (χ2n) is 8.32.